The highest BCUT2D eigenvalue weighted by atomic mass is 15.2. The summed E-state index contributed by atoms with van der Waals surface area (Å²) in [5.41, 5.74) is 2.76. The van der Waals surface area contributed by atoms with Gasteiger partial charge in [-0.15, -0.1) is 0 Å². The molecule has 2 rings (SSSR count). The molecule has 0 saturated heterocycles. The molecule has 1 aromatic rings. The maximum Gasteiger partial charge on any atom is 0.0475 e. The lowest BCUT2D eigenvalue weighted by atomic mass is 9.84. The quantitative estimate of drug-likeness (QED) is 0.773. The molecular formula is C19H32N2. The highest BCUT2D eigenvalue weighted by Gasteiger charge is 2.27. The molecule has 2 nitrogen and oxygen atoms in total. The van der Waals surface area contributed by atoms with Gasteiger partial charge < -0.3 is 5.32 Å². The molecule has 0 radical (unpaired) electrons. The maximum absolute atomic E-state index is 3.70. The molecule has 0 aromatic heterocycles. The van der Waals surface area contributed by atoms with Gasteiger partial charge in [-0.1, -0.05) is 50.1 Å². The van der Waals surface area contributed by atoms with Crippen molar-refractivity contribution in [3.8, 4) is 0 Å². The minimum Gasteiger partial charge on any atom is -0.309 e. The van der Waals surface area contributed by atoms with Crippen LogP contribution >= 0.6 is 0 Å². The number of benzene rings is 1. The van der Waals surface area contributed by atoms with Crippen LogP contribution in [-0.2, 0) is 0 Å². The molecule has 0 amide bonds. The van der Waals surface area contributed by atoms with Crippen molar-refractivity contribution in [3.05, 3.63) is 35.4 Å². The van der Waals surface area contributed by atoms with Crippen LogP contribution in [0.25, 0.3) is 0 Å². The van der Waals surface area contributed by atoms with E-state index in [9.17, 15) is 0 Å². The van der Waals surface area contributed by atoms with Crippen LogP contribution in [-0.4, -0.2) is 30.6 Å². The second-order valence-corrected chi connectivity index (χ2v) is 6.57. The summed E-state index contributed by atoms with van der Waals surface area (Å²) >= 11 is 0. The largest absolute Gasteiger partial charge is 0.309 e. The molecule has 0 heterocycles. The first-order valence-electron chi connectivity index (χ1n) is 8.69. The summed E-state index contributed by atoms with van der Waals surface area (Å²) in [4.78, 5) is 2.66. The van der Waals surface area contributed by atoms with Gasteiger partial charge in [-0.3, -0.25) is 4.90 Å². The topological polar surface area (TPSA) is 15.3 Å². The van der Waals surface area contributed by atoms with E-state index in [-0.39, 0.29) is 0 Å². The Morgan fingerprint density at radius 2 is 1.86 bits per heavy atom. The van der Waals surface area contributed by atoms with Gasteiger partial charge in [-0.25, -0.2) is 0 Å². The number of hydrogen-bond acceptors (Lipinski definition) is 2. The summed E-state index contributed by atoms with van der Waals surface area (Å²) < 4.78 is 0. The Bertz CT molecular complexity index is 408. The van der Waals surface area contributed by atoms with Crippen molar-refractivity contribution in [2.24, 2.45) is 5.92 Å². The molecule has 1 aliphatic carbocycles. The first-order chi connectivity index (χ1) is 10.2. The highest BCUT2D eigenvalue weighted by molar-refractivity contribution is 5.25. The minimum absolute atomic E-state index is 0.427. The lowest BCUT2D eigenvalue weighted by Crippen LogP contribution is -2.45. The summed E-state index contributed by atoms with van der Waals surface area (Å²) in [7, 11) is 0. The molecule has 0 spiro atoms. The van der Waals surface area contributed by atoms with Crippen molar-refractivity contribution >= 4 is 0 Å². The molecule has 0 bridgehead atoms. The van der Waals surface area contributed by atoms with E-state index in [0.29, 0.717) is 12.1 Å². The van der Waals surface area contributed by atoms with Crippen LogP contribution in [0.1, 0.15) is 57.2 Å². The highest BCUT2D eigenvalue weighted by Crippen LogP contribution is 2.29. The van der Waals surface area contributed by atoms with Gasteiger partial charge in [0.1, 0.15) is 0 Å². The van der Waals surface area contributed by atoms with Gasteiger partial charge in [0.05, 0.1) is 0 Å². The Labute approximate surface area is 130 Å². The van der Waals surface area contributed by atoms with Gasteiger partial charge in [-0.2, -0.15) is 0 Å². The normalized spacial score (nSPS) is 18.5. The van der Waals surface area contributed by atoms with Crippen LogP contribution in [0.3, 0.4) is 0 Å². The molecule has 118 valence electrons. The van der Waals surface area contributed by atoms with E-state index < -0.39 is 0 Å². The molecule has 1 fully saturated rings. The zero-order valence-corrected chi connectivity index (χ0v) is 14.2. The van der Waals surface area contributed by atoms with Crippen molar-refractivity contribution < 1.29 is 0 Å². The summed E-state index contributed by atoms with van der Waals surface area (Å²) in [5, 5.41) is 3.70. The van der Waals surface area contributed by atoms with E-state index in [1.807, 2.05) is 0 Å². The molecule has 1 saturated carbocycles. The zero-order chi connectivity index (χ0) is 15.2. The van der Waals surface area contributed by atoms with Crippen LogP contribution < -0.4 is 5.32 Å². The predicted octanol–water partition coefficient (Wildman–Crippen LogP) is 4.16. The number of nitrogens with one attached hydrogen (secondary N) is 1. The molecular weight excluding hydrogens is 256 g/mol. The Balaban J connectivity index is 2.08. The van der Waals surface area contributed by atoms with E-state index in [1.165, 1.54) is 36.9 Å². The fraction of sp³-hybridized carbons (Fsp3) is 0.684. The average molecular weight is 288 g/mol. The van der Waals surface area contributed by atoms with Crippen molar-refractivity contribution in [2.75, 3.05) is 19.6 Å². The van der Waals surface area contributed by atoms with Crippen molar-refractivity contribution in [2.45, 2.75) is 59.0 Å². The number of aryl methyl sites for hydroxylation is 1. The fourth-order valence-corrected chi connectivity index (χ4v) is 3.36. The molecule has 21 heavy (non-hydrogen) atoms. The molecule has 2 unspecified atom stereocenters. The molecule has 0 aliphatic heterocycles. The van der Waals surface area contributed by atoms with E-state index in [1.54, 1.807) is 0 Å². The monoisotopic (exact) mass is 288 g/mol. The average Bonchev–Trinajstić information content (AvgIpc) is 2.44. The van der Waals surface area contributed by atoms with Crippen LogP contribution in [0, 0.1) is 12.8 Å². The van der Waals surface area contributed by atoms with Gasteiger partial charge in [0.25, 0.3) is 0 Å². The summed E-state index contributed by atoms with van der Waals surface area (Å²) in [5.74, 6) is 0.938. The van der Waals surface area contributed by atoms with Gasteiger partial charge in [0.2, 0.25) is 0 Å². The molecule has 2 heteroatoms. The maximum atomic E-state index is 3.70. The van der Waals surface area contributed by atoms with Crippen LogP contribution in [0.4, 0.5) is 0 Å². The number of rotatable bonds is 8. The summed E-state index contributed by atoms with van der Waals surface area (Å²) in [6.45, 7) is 12.5. The van der Waals surface area contributed by atoms with E-state index in [4.69, 9.17) is 0 Å². The SMILES string of the molecule is CCNC(c1ccc(C)cc1)C(C)N(CC)CC1CCC1. The molecule has 2 atom stereocenters. The second-order valence-electron chi connectivity index (χ2n) is 6.57. The number of hydrogen-bond donors (Lipinski definition) is 1. The Hall–Kier alpha value is -0.860. The first kappa shape index (κ1) is 16.5. The van der Waals surface area contributed by atoms with Crippen LogP contribution in [0.5, 0.6) is 0 Å². The minimum atomic E-state index is 0.427. The first-order valence-corrected chi connectivity index (χ1v) is 8.69. The third-order valence-electron chi connectivity index (χ3n) is 5.04. The number of nitrogens with zero attached hydrogens (tertiary/aromatic N) is 1. The second kappa shape index (κ2) is 7.95. The van der Waals surface area contributed by atoms with Gasteiger partial charge in [-0.05, 0) is 51.3 Å². The van der Waals surface area contributed by atoms with Crippen molar-refractivity contribution in [3.63, 3.8) is 0 Å². The van der Waals surface area contributed by atoms with Crippen molar-refractivity contribution in [1.29, 1.82) is 0 Å². The third-order valence-corrected chi connectivity index (χ3v) is 5.04. The van der Waals surface area contributed by atoms with Crippen LogP contribution in [0.2, 0.25) is 0 Å². The van der Waals surface area contributed by atoms with E-state index >= 15 is 0 Å². The van der Waals surface area contributed by atoms with E-state index in [2.05, 4.69) is 62.2 Å². The smallest absolute Gasteiger partial charge is 0.0475 e. The van der Waals surface area contributed by atoms with Gasteiger partial charge in [0, 0.05) is 18.6 Å². The van der Waals surface area contributed by atoms with Crippen LogP contribution in [0.15, 0.2) is 24.3 Å². The fourth-order valence-electron chi connectivity index (χ4n) is 3.36. The standard InChI is InChI=1S/C19H32N2/c1-5-20-19(18-12-10-15(3)11-13-18)16(4)21(6-2)14-17-8-7-9-17/h10-13,16-17,19-20H,5-9,14H2,1-4H3. The molecule has 1 aliphatic rings. The molecule has 1 aromatic carbocycles. The van der Waals surface area contributed by atoms with Gasteiger partial charge >= 0.3 is 0 Å². The van der Waals surface area contributed by atoms with E-state index in [0.717, 1.165) is 19.0 Å². The third kappa shape index (κ3) is 4.31. The lowest BCUT2D eigenvalue weighted by Gasteiger charge is -2.39. The Morgan fingerprint density at radius 3 is 2.33 bits per heavy atom. The predicted molar refractivity (Wildman–Crippen MR) is 91.6 cm³/mol. The lowest BCUT2D eigenvalue weighted by molar-refractivity contribution is 0.123. The Morgan fingerprint density at radius 1 is 1.19 bits per heavy atom. The number of likely N-dealkylation sites (N-methyl/N-ethyl adjacent to an activating group) is 2. The summed E-state index contributed by atoms with van der Waals surface area (Å²) in [6, 6.07) is 10.0. The Kier molecular flexibility index (Phi) is 6.25. The van der Waals surface area contributed by atoms with Crippen molar-refractivity contribution in [1.82, 2.24) is 10.2 Å². The zero-order valence-electron chi connectivity index (χ0n) is 14.2. The summed E-state index contributed by atoms with van der Waals surface area (Å²) in [6.07, 6.45) is 4.30. The van der Waals surface area contributed by atoms with Gasteiger partial charge in [0.15, 0.2) is 0 Å². The molecule has 1 N–H and O–H groups in total.